The van der Waals surface area contributed by atoms with Gasteiger partial charge in [0.2, 0.25) is 0 Å². The maximum atomic E-state index is 12.1. The summed E-state index contributed by atoms with van der Waals surface area (Å²) in [5.41, 5.74) is 1.48. The standard InChI is InChI=1S/C12H10Br2O2/c13-9-5-8(6-10(14)12(9)16)11(15)7-3-1-2-4-7/h3,5-6,16H,1-2,4H2. The van der Waals surface area contributed by atoms with Crippen LogP contribution in [0.2, 0.25) is 0 Å². The smallest absolute Gasteiger partial charge is 0.188 e. The lowest BCUT2D eigenvalue weighted by Gasteiger charge is -2.05. The minimum Gasteiger partial charge on any atom is -0.506 e. The van der Waals surface area contributed by atoms with Gasteiger partial charge in [-0.1, -0.05) is 6.08 Å². The number of Topliss-reactive ketones (excluding diaryl/α,β-unsaturated/α-hetero) is 1. The number of halogens is 2. The first-order valence-corrected chi connectivity index (χ1v) is 6.60. The minimum atomic E-state index is 0.0545. The molecule has 1 aliphatic rings. The van der Waals surface area contributed by atoms with Gasteiger partial charge in [0, 0.05) is 5.56 Å². The fraction of sp³-hybridized carbons (Fsp3) is 0.250. The second-order valence-electron chi connectivity index (χ2n) is 3.74. The zero-order chi connectivity index (χ0) is 11.7. The maximum absolute atomic E-state index is 12.1. The molecule has 4 heteroatoms. The van der Waals surface area contributed by atoms with Crippen molar-refractivity contribution >= 4 is 37.6 Å². The van der Waals surface area contributed by atoms with E-state index in [1.165, 1.54) is 0 Å². The Morgan fingerprint density at radius 2 is 1.88 bits per heavy atom. The predicted molar refractivity (Wildman–Crippen MR) is 69.8 cm³/mol. The van der Waals surface area contributed by atoms with Crippen LogP contribution in [0.1, 0.15) is 29.6 Å². The predicted octanol–water partition coefficient (Wildman–Crippen LogP) is 4.21. The number of carbonyl (C=O) groups excluding carboxylic acids is 1. The fourth-order valence-electron chi connectivity index (χ4n) is 1.76. The highest BCUT2D eigenvalue weighted by Gasteiger charge is 2.17. The van der Waals surface area contributed by atoms with Gasteiger partial charge in [-0.2, -0.15) is 0 Å². The molecule has 0 aliphatic heterocycles. The molecule has 0 fully saturated rings. The highest BCUT2D eigenvalue weighted by atomic mass is 79.9. The fourth-order valence-corrected chi connectivity index (χ4v) is 2.95. The van der Waals surface area contributed by atoms with Crippen molar-refractivity contribution < 1.29 is 9.90 Å². The number of benzene rings is 1. The minimum absolute atomic E-state index is 0.0545. The normalized spacial score (nSPS) is 15.0. The summed E-state index contributed by atoms with van der Waals surface area (Å²) in [4.78, 5) is 12.1. The topological polar surface area (TPSA) is 37.3 Å². The molecule has 2 rings (SSSR count). The van der Waals surface area contributed by atoms with Crippen LogP contribution < -0.4 is 0 Å². The number of phenols is 1. The molecule has 0 radical (unpaired) electrons. The van der Waals surface area contributed by atoms with E-state index in [2.05, 4.69) is 31.9 Å². The van der Waals surface area contributed by atoms with Crippen LogP contribution in [0, 0.1) is 0 Å². The summed E-state index contributed by atoms with van der Waals surface area (Å²) in [5.74, 6) is 0.177. The SMILES string of the molecule is O=C(C1=CCCC1)c1cc(Br)c(O)c(Br)c1. The molecule has 1 N–H and O–H groups in total. The lowest BCUT2D eigenvalue weighted by atomic mass is 10.0. The van der Waals surface area contributed by atoms with Gasteiger partial charge in [-0.25, -0.2) is 0 Å². The molecule has 0 heterocycles. The first kappa shape index (κ1) is 11.9. The Balaban J connectivity index is 2.37. The molecule has 0 bridgehead atoms. The summed E-state index contributed by atoms with van der Waals surface area (Å²) < 4.78 is 1.06. The van der Waals surface area contributed by atoms with E-state index in [4.69, 9.17) is 0 Å². The van der Waals surface area contributed by atoms with Gasteiger partial charge >= 0.3 is 0 Å². The molecule has 0 atom stereocenters. The number of carbonyl (C=O) groups is 1. The lowest BCUT2D eigenvalue weighted by Crippen LogP contribution is -2.01. The Morgan fingerprint density at radius 1 is 1.25 bits per heavy atom. The molecule has 0 saturated heterocycles. The summed E-state index contributed by atoms with van der Waals surface area (Å²) in [6.45, 7) is 0. The molecule has 84 valence electrons. The van der Waals surface area contributed by atoms with E-state index in [0.29, 0.717) is 14.5 Å². The summed E-state index contributed by atoms with van der Waals surface area (Å²) in [7, 11) is 0. The Morgan fingerprint density at radius 3 is 2.38 bits per heavy atom. The van der Waals surface area contributed by atoms with Crippen LogP contribution in [0.25, 0.3) is 0 Å². The van der Waals surface area contributed by atoms with Crippen molar-refractivity contribution in [1.29, 1.82) is 0 Å². The van der Waals surface area contributed by atoms with Gasteiger partial charge in [-0.15, -0.1) is 0 Å². The number of hydrogen-bond acceptors (Lipinski definition) is 2. The highest BCUT2D eigenvalue weighted by molar-refractivity contribution is 9.11. The van der Waals surface area contributed by atoms with Gasteiger partial charge in [-0.3, -0.25) is 4.79 Å². The molecule has 1 aliphatic carbocycles. The van der Waals surface area contributed by atoms with Crippen LogP contribution >= 0.6 is 31.9 Å². The number of phenolic OH excluding ortho intramolecular Hbond substituents is 1. The van der Waals surface area contributed by atoms with E-state index in [9.17, 15) is 9.90 Å². The third-order valence-electron chi connectivity index (χ3n) is 2.61. The molecular formula is C12H10Br2O2. The van der Waals surface area contributed by atoms with Crippen LogP contribution in [0.3, 0.4) is 0 Å². The summed E-state index contributed by atoms with van der Waals surface area (Å²) in [5, 5.41) is 9.56. The molecule has 0 aromatic heterocycles. The monoisotopic (exact) mass is 344 g/mol. The van der Waals surface area contributed by atoms with Crippen molar-refractivity contribution in [2.24, 2.45) is 0 Å². The van der Waals surface area contributed by atoms with Crippen LogP contribution in [-0.2, 0) is 0 Å². The second-order valence-corrected chi connectivity index (χ2v) is 5.45. The quantitative estimate of drug-likeness (QED) is 0.815. The van der Waals surface area contributed by atoms with Gasteiger partial charge in [0.15, 0.2) is 5.78 Å². The van der Waals surface area contributed by atoms with Crippen molar-refractivity contribution in [3.63, 3.8) is 0 Å². The number of rotatable bonds is 2. The van der Waals surface area contributed by atoms with Crippen LogP contribution in [0.5, 0.6) is 5.75 Å². The van der Waals surface area contributed by atoms with Crippen molar-refractivity contribution in [2.75, 3.05) is 0 Å². The van der Waals surface area contributed by atoms with Crippen molar-refractivity contribution in [3.05, 3.63) is 38.3 Å². The number of hydrogen-bond donors (Lipinski definition) is 1. The molecule has 16 heavy (non-hydrogen) atoms. The van der Waals surface area contributed by atoms with Gasteiger partial charge in [0.1, 0.15) is 5.75 Å². The van der Waals surface area contributed by atoms with Gasteiger partial charge in [0.05, 0.1) is 8.95 Å². The van der Waals surface area contributed by atoms with Crippen LogP contribution in [-0.4, -0.2) is 10.9 Å². The average Bonchev–Trinajstić information content (AvgIpc) is 2.77. The molecule has 0 saturated carbocycles. The van der Waals surface area contributed by atoms with Crippen molar-refractivity contribution in [1.82, 2.24) is 0 Å². The zero-order valence-corrected chi connectivity index (χ0v) is 11.6. The van der Waals surface area contributed by atoms with E-state index >= 15 is 0 Å². The summed E-state index contributed by atoms with van der Waals surface area (Å²) in [6, 6.07) is 3.31. The maximum Gasteiger partial charge on any atom is 0.188 e. The Hall–Kier alpha value is -0.610. The van der Waals surface area contributed by atoms with Crippen molar-refractivity contribution in [2.45, 2.75) is 19.3 Å². The Bertz CT molecular complexity index is 455. The first-order valence-electron chi connectivity index (χ1n) is 5.01. The van der Waals surface area contributed by atoms with E-state index in [1.54, 1.807) is 12.1 Å². The molecule has 1 aromatic rings. The molecule has 0 amide bonds. The average molecular weight is 346 g/mol. The van der Waals surface area contributed by atoms with Crippen LogP contribution in [0.15, 0.2) is 32.7 Å². The van der Waals surface area contributed by atoms with Gasteiger partial charge in [0.25, 0.3) is 0 Å². The van der Waals surface area contributed by atoms with E-state index in [1.807, 2.05) is 6.08 Å². The largest absolute Gasteiger partial charge is 0.506 e. The number of allylic oxidation sites excluding steroid dienone is 2. The third-order valence-corrected chi connectivity index (χ3v) is 3.82. The van der Waals surface area contributed by atoms with E-state index in [-0.39, 0.29) is 11.5 Å². The lowest BCUT2D eigenvalue weighted by molar-refractivity contribution is 0.103. The molecular weight excluding hydrogens is 336 g/mol. The molecule has 2 nitrogen and oxygen atoms in total. The summed E-state index contributed by atoms with van der Waals surface area (Å²) >= 11 is 6.44. The molecule has 1 aromatic carbocycles. The second kappa shape index (κ2) is 4.72. The zero-order valence-electron chi connectivity index (χ0n) is 8.46. The number of aromatic hydroxyl groups is 1. The summed E-state index contributed by atoms with van der Waals surface area (Å²) in [6.07, 6.45) is 4.90. The van der Waals surface area contributed by atoms with Crippen LogP contribution in [0.4, 0.5) is 0 Å². The molecule has 0 unspecified atom stereocenters. The highest BCUT2D eigenvalue weighted by Crippen LogP contribution is 2.34. The Kier molecular flexibility index (Phi) is 3.50. The van der Waals surface area contributed by atoms with E-state index in [0.717, 1.165) is 24.8 Å². The third kappa shape index (κ3) is 2.23. The first-order chi connectivity index (χ1) is 7.59. The van der Waals surface area contributed by atoms with Gasteiger partial charge in [-0.05, 0) is 68.8 Å². The van der Waals surface area contributed by atoms with E-state index < -0.39 is 0 Å². The Labute approximate surface area is 111 Å². The number of ketones is 1. The molecule has 0 spiro atoms. The van der Waals surface area contributed by atoms with Crippen molar-refractivity contribution in [3.8, 4) is 5.75 Å². The van der Waals surface area contributed by atoms with Gasteiger partial charge < -0.3 is 5.11 Å².